The number of hydrogen-bond donors (Lipinski definition) is 0. The van der Waals surface area contributed by atoms with Crippen LogP contribution in [0.5, 0.6) is 5.75 Å². The van der Waals surface area contributed by atoms with E-state index in [-0.39, 0.29) is 18.2 Å². The lowest BCUT2D eigenvalue weighted by atomic mass is 10.2. The second-order valence-electron chi connectivity index (χ2n) is 4.37. The molecule has 3 aromatic rings. The Morgan fingerprint density at radius 1 is 0.905 bits per heavy atom. The lowest BCUT2D eigenvalue weighted by Gasteiger charge is -2.02. The van der Waals surface area contributed by atoms with Crippen molar-refractivity contribution in [2.45, 2.75) is 6.61 Å². The van der Waals surface area contributed by atoms with Crippen LogP contribution in [0.2, 0.25) is 0 Å². The van der Waals surface area contributed by atoms with E-state index < -0.39 is 0 Å². The zero-order chi connectivity index (χ0) is 14.7. The Bertz CT molecular complexity index is 721. The van der Waals surface area contributed by atoms with Crippen LogP contribution in [0.25, 0.3) is 11.3 Å². The predicted octanol–water partition coefficient (Wildman–Crippen LogP) is 4.20. The molecule has 0 amide bonds. The summed E-state index contributed by atoms with van der Waals surface area (Å²) >= 11 is 0. The predicted molar refractivity (Wildman–Crippen MR) is 72.6 cm³/mol. The van der Waals surface area contributed by atoms with Crippen molar-refractivity contribution in [3.8, 4) is 17.1 Å². The molecule has 3 nitrogen and oxygen atoms in total. The molecule has 2 aromatic carbocycles. The Hall–Kier alpha value is -2.69. The van der Waals surface area contributed by atoms with Gasteiger partial charge < -0.3 is 9.15 Å². The number of aromatic nitrogens is 1. The molecule has 0 N–H and O–H groups in total. The van der Waals surface area contributed by atoms with Crippen LogP contribution in [0, 0.1) is 11.6 Å². The Balaban J connectivity index is 1.67. The lowest BCUT2D eigenvalue weighted by Crippen LogP contribution is -1.95. The van der Waals surface area contributed by atoms with Crippen LogP contribution in [-0.4, -0.2) is 4.98 Å². The number of nitrogens with zero attached hydrogens (tertiary/aromatic N) is 1. The maximum absolute atomic E-state index is 12.9. The summed E-state index contributed by atoms with van der Waals surface area (Å²) in [5, 5.41) is 0. The largest absolute Gasteiger partial charge is 0.484 e. The Morgan fingerprint density at radius 2 is 1.52 bits per heavy atom. The number of benzene rings is 2. The van der Waals surface area contributed by atoms with Gasteiger partial charge in [0.15, 0.2) is 12.4 Å². The van der Waals surface area contributed by atoms with Gasteiger partial charge in [0.1, 0.15) is 17.4 Å². The molecule has 0 saturated carbocycles. The van der Waals surface area contributed by atoms with E-state index in [9.17, 15) is 8.78 Å². The second kappa shape index (κ2) is 5.75. The van der Waals surface area contributed by atoms with Gasteiger partial charge in [-0.3, -0.25) is 0 Å². The molecule has 0 aliphatic heterocycles. The minimum Gasteiger partial charge on any atom is -0.484 e. The molecule has 0 spiro atoms. The molecule has 0 aliphatic rings. The monoisotopic (exact) mass is 287 g/mol. The lowest BCUT2D eigenvalue weighted by molar-refractivity contribution is 0.264. The maximum atomic E-state index is 12.9. The van der Waals surface area contributed by atoms with Gasteiger partial charge in [-0.2, -0.15) is 0 Å². The topological polar surface area (TPSA) is 35.3 Å². The van der Waals surface area contributed by atoms with Crippen LogP contribution in [0.1, 0.15) is 5.89 Å². The highest BCUT2D eigenvalue weighted by Gasteiger charge is 2.07. The third-order valence-corrected chi connectivity index (χ3v) is 2.86. The minimum atomic E-state index is -0.322. The fourth-order valence-corrected chi connectivity index (χ4v) is 1.80. The number of halogens is 2. The van der Waals surface area contributed by atoms with Gasteiger partial charge in [-0.15, -0.1) is 0 Å². The number of ether oxygens (including phenoxy) is 1. The van der Waals surface area contributed by atoms with Crippen molar-refractivity contribution < 1.29 is 17.9 Å². The van der Waals surface area contributed by atoms with E-state index in [1.807, 2.05) is 0 Å². The van der Waals surface area contributed by atoms with Gasteiger partial charge in [0, 0.05) is 5.56 Å². The molecule has 1 aromatic heterocycles. The van der Waals surface area contributed by atoms with Crippen molar-refractivity contribution in [2.75, 3.05) is 0 Å². The molecule has 0 atom stereocenters. The van der Waals surface area contributed by atoms with Gasteiger partial charge in [-0.1, -0.05) is 0 Å². The highest BCUT2D eigenvalue weighted by atomic mass is 19.1. The van der Waals surface area contributed by atoms with Crippen LogP contribution in [0.4, 0.5) is 8.78 Å². The maximum Gasteiger partial charge on any atom is 0.232 e. The summed E-state index contributed by atoms with van der Waals surface area (Å²) in [7, 11) is 0. The molecule has 3 rings (SSSR count). The summed E-state index contributed by atoms with van der Waals surface area (Å²) in [5.41, 5.74) is 0.733. The fourth-order valence-electron chi connectivity index (χ4n) is 1.80. The van der Waals surface area contributed by atoms with E-state index in [0.717, 1.165) is 5.56 Å². The van der Waals surface area contributed by atoms with E-state index in [4.69, 9.17) is 9.15 Å². The molecule has 5 heteroatoms. The summed E-state index contributed by atoms with van der Waals surface area (Å²) in [6.07, 6.45) is 1.55. The summed E-state index contributed by atoms with van der Waals surface area (Å²) in [5.74, 6) is 0.819. The first kappa shape index (κ1) is 13.3. The molecule has 0 fully saturated rings. The third-order valence-electron chi connectivity index (χ3n) is 2.86. The quantitative estimate of drug-likeness (QED) is 0.721. The molecule has 0 radical (unpaired) electrons. The average Bonchev–Trinajstić information content (AvgIpc) is 2.96. The van der Waals surface area contributed by atoms with Gasteiger partial charge in [0.2, 0.25) is 5.89 Å². The van der Waals surface area contributed by atoms with E-state index in [0.29, 0.717) is 17.4 Å². The summed E-state index contributed by atoms with van der Waals surface area (Å²) < 4.78 is 36.6. The van der Waals surface area contributed by atoms with Crippen LogP contribution >= 0.6 is 0 Å². The number of oxazole rings is 1. The van der Waals surface area contributed by atoms with Crippen LogP contribution in [0.3, 0.4) is 0 Å². The normalized spacial score (nSPS) is 10.6. The number of hydrogen-bond acceptors (Lipinski definition) is 3. The molecular formula is C16H11F2NO2. The van der Waals surface area contributed by atoms with Gasteiger partial charge in [0.05, 0.1) is 6.20 Å². The summed E-state index contributed by atoms with van der Waals surface area (Å²) in [4.78, 5) is 4.09. The van der Waals surface area contributed by atoms with E-state index in [2.05, 4.69) is 4.98 Å². The molecule has 0 aliphatic carbocycles. The zero-order valence-electron chi connectivity index (χ0n) is 10.9. The standard InChI is InChI=1S/C16H11F2NO2/c17-12-3-1-11(2-4-12)15-9-19-16(21-15)10-20-14-7-5-13(18)6-8-14/h1-9H,10H2. The van der Waals surface area contributed by atoms with E-state index in [1.165, 1.54) is 36.4 Å². The van der Waals surface area contributed by atoms with Gasteiger partial charge in [0.25, 0.3) is 0 Å². The minimum absolute atomic E-state index is 0.132. The summed E-state index contributed by atoms with van der Waals surface area (Å²) in [6, 6.07) is 11.6. The number of rotatable bonds is 4. The zero-order valence-corrected chi connectivity index (χ0v) is 10.9. The van der Waals surface area contributed by atoms with Crippen LogP contribution in [-0.2, 0) is 6.61 Å². The molecule has 1 heterocycles. The van der Waals surface area contributed by atoms with Gasteiger partial charge in [-0.05, 0) is 48.5 Å². The SMILES string of the molecule is Fc1ccc(OCc2ncc(-c3ccc(F)cc3)o2)cc1. The first-order chi connectivity index (χ1) is 10.2. The van der Waals surface area contributed by atoms with Crippen LogP contribution in [0.15, 0.2) is 59.1 Å². The highest BCUT2D eigenvalue weighted by Crippen LogP contribution is 2.21. The first-order valence-corrected chi connectivity index (χ1v) is 6.30. The third kappa shape index (κ3) is 3.25. The van der Waals surface area contributed by atoms with Crippen molar-refractivity contribution in [3.63, 3.8) is 0 Å². The fraction of sp³-hybridized carbons (Fsp3) is 0.0625. The molecule has 21 heavy (non-hydrogen) atoms. The highest BCUT2D eigenvalue weighted by molar-refractivity contribution is 5.55. The second-order valence-corrected chi connectivity index (χ2v) is 4.37. The van der Waals surface area contributed by atoms with Gasteiger partial charge in [-0.25, -0.2) is 13.8 Å². The first-order valence-electron chi connectivity index (χ1n) is 6.30. The molecule has 0 unspecified atom stereocenters. The average molecular weight is 287 g/mol. The molecule has 0 bridgehead atoms. The Labute approximate surface area is 119 Å². The van der Waals surface area contributed by atoms with E-state index in [1.54, 1.807) is 18.3 Å². The van der Waals surface area contributed by atoms with Crippen molar-refractivity contribution in [1.29, 1.82) is 0 Å². The van der Waals surface area contributed by atoms with E-state index >= 15 is 0 Å². The molecular weight excluding hydrogens is 276 g/mol. The van der Waals surface area contributed by atoms with Crippen molar-refractivity contribution >= 4 is 0 Å². The Morgan fingerprint density at radius 3 is 2.19 bits per heavy atom. The molecule has 0 saturated heterocycles. The smallest absolute Gasteiger partial charge is 0.232 e. The molecule has 106 valence electrons. The van der Waals surface area contributed by atoms with Crippen molar-refractivity contribution in [1.82, 2.24) is 4.98 Å². The van der Waals surface area contributed by atoms with Crippen molar-refractivity contribution in [2.24, 2.45) is 0 Å². The van der Waals surface area contributed by atoms with Gasteiger partial charge >= 0.3 is 0 Å². The Kier molecular flexibility index (Phi) is 3.64. The summed E-state index contributed by atoms with van der Waals surface area (Å²) in [6.45, 7) is 0.132. The van der Waals surface area contributed by atoms with Crippen molar-refractivity contribution in [3.05, 3.63) is 72.3 Å². The van der Waals surface area contributed by atoms with Crippen LogP contribution < -0.4 is 4.74 Å².